The van der Waals surface area contributed by atoms with E-state index in [1.165, 1.54) is 0 Å². The van der Waals surface area contributed by atoms with Crippen LogP contribution in [0.5, 0.6) is 0 Å². The zero-order chi connectivity index (χ0) is 21.6. The zero-order valence-corrected chi connectivity index (χ0v) is 18.3. The highest BCUT2D eigenvalue weighted by Crippen LogP contribution is 2.47. The quantitative estimate of drug-likeness (QED) is 0.355. The SMILES string of the molecule is CCOP(=O)(OCC)c1[nH]nc(C(=O)c2ccc(Cl)cc2)c1/C=C/c1ccccc1. The molecule has 0 aliphatic heterocycles. The summed E-state index contributed by atoms with van der Waals surface area (Å²) < 4.78 is 24.3. The molecule has 156 valence electrons. The third kappa shape index (κ3) is 4.97. The van der Waals surface area contributed by atoms with Crippen LogP contribution in [0.4, 0.5) is 0 Å². The first kappa shape index (κ1) is 22.2. The van der Waals surface area contributed by atoms with Crippen molar-refractivity contribution in [3.63, 3.8) is 0 Å². The lowest BCUT2D eigenvalue weighted by Crippen LogP contribution is -2.15. The van der Waals surface area contributed by atoms with Gasteiger partial charge < -0.3 is 9.05 Å². The van der Waals surface area contributed by atoms with E-state index in [4.69, 9.17) is 20.6 Å². The number of benzene rings is 2. The van der Waals surface area contributed by atoms with E-state index in [1.54, 1.807) is 44.2 Å². The van der Waals surface area contributed by atoms with Gasteiger partial charge in [0.05, 0.1) is 13.2 Å². The van der Waals surface area contributed by atoms with Crippen molar-refractivity contribution < 1.29 is 18.4 Å². The third-order valence-electron chi connectivity index (χ3n) is 4.22. The molecule has 0 amide bonds. The Morgan fingerprint density at radius 1 is 1.03 bits per heavy atom. The molecule has 0 saturated heterocycles. The van der Waals surface area contributed by atoms with Crippen LogP contribution in [0, 0.1) is 0 Å². The van der Waals surface area contributed by atoms with Crippen LogP contribution >= 0.6 is 19.2 Å². The molecule has 0 bridgehead atoms. The molecule has 2 aromatic carbocycles. The van der Waals surface area contributed by atoms with E-state index >= 15 is 0 Å². The number of aromatic amines is 1. The average Bonchev–Trinajstić information content (AvgIpc) is 3.18. The van der Waals surface area contributed by atoms with E-state index in [0.29, 0.717) is 16.1 Å². The van der Waals surface area contributed by atoms with Crippen molar-refractivity contribution in [3.05, 3.63) is 82.0 Å². The lowest BCUT2D eigenvalue weighted by molar-refractivity contribution is 0.103. The summed E-state index contributed by atoms with van der Waals surface area (Å²) in [6.07, 6.45) is 3.51. The monoisotopic (exact) mass is 444 g/mol. The number of halogens is 1. The van der Waals surface area contributed by atoms with Crippen LogP contribution in [0.3, 0.4) is 0 Å². The summed E-state index contributed by atoms with van der Waals surface area (Å²) in [5.74, 6) is -0.332. The van der Waals surface area contributed by atoms with Crippen molar-refractivity contribution >= 4 is 42.6 Å². The van der Waals surface area contributed by atoms with E-state index < -0.39 is 7.60 Å². The summed E-state index contributed by atoms with van der Waals surface area (Å²) in [5, 5.41) is 7.41. The van der Waals surface area contributed by atoms with Crippen LogP contribution in [-0.2, 0) is 13.6 Å². The van der Waals surface area contributed by atoms with Crippen molar-refractivity contribution in [1.29, 1.82) is 0 Å². The van der Waals surface area contributed by atoms with Gasteiger partial charge in [-0.25, -0.2) is 0 Å². The van der Waals surface area contributed by atoms with Gasteiger partial charge in [0, 0.05) is 16.1 Å². The molecule has 1 aromatic heterocycles. The number of nitrogens with one attached hydrogen (secondary N) is 1. The Morgan fingerprint density at radius 2 is 1.67 bits per heavy atom. The van der Waals surface area contributed by atoms with Crippen LogP contribution in [0.15, 0.2) is 54.6 Å². The molecule has 0 atom stereocenters. The highest BCUT2D eigenvalue weighted by Gasteiger charge is 2.34. The maximum absolute atomic E-state index is 13.4. The van der Waals surface area contributed by atoms with Crippen molar-refractivity contribution in [3.8, 4) is 0 Å². The second-order valence-electron chi connectivity index (χ2n) is 6.25. The van der Waals surface area contributed by atoms with Crippen LogP contribution in [0.2, 0.25) is 5.02 Å². The van der Waals surface area contributed by atoms with Gasteiger partial charge in [0.1, 0.15) is 5.69 Å². The number of hydrogen-bond acceptors (Lipinski definition) is 5. The highest BCUT2D eigenvalue weighted by atomic mass is 35.5. The smallest absolute Gasteiger partial charge is 0.304 e. The summed E-state index contributed by atoms with van der Waals surface area (Å²) in [5.41, 5.74) is 1.96. The van der Waals surface area contributed by atoms with Crippen LogP contribution in [0.25, 0.3) is 12.2 Å². The summed E-state index contributed by atoms with van der Waals surface area (Å²) in [7, 11) is -3.69. The van der Waals surface area contributed by atoms with E-state index in [9.17, 15) is 9.36 Å². The molecule has 3 aromatic rings. The first-order chi connectivity index (χ1) is 14.5. The predicted molar refractivity (Wildman–Crippen MR) is 119 cm³/mol. The summed E-state index contributed by atoms with van der Waals surface area (Å²) in [6.45, 7) is 3.81. The van der Waals surface area contributed by atoms with Gasteiger partial charge in [-0.1, -0.05) is 48.0 Å². The fraction of sp³-hybridized carbons (Fsp3) is 0.182. The molecule has 0 radical (unpaired) electrons. The minimum atomic E-state index is -3.69. The molecule has 1 N–H and O–H groups in total. The third-order valence-corrected chi connectivity index (χ3v) is 6.56. The van der Waals surface area contributed by atoms with E-state index in [-0.39, 0.29) is 30.1 Å². The lowest BCUT2D eigenvalue weighted by atomic mass is 10.0. The Bertz CT molecular complexity index is 1070. The lowest BCUT2D eigenvalue weighted by Gasteiger charge is -2.16. The van der Waals surface area contributed by atoms with Crippen LogP contribution in [0.1, 0.15) is 41.0 Å². The Kier molecular flexibility index (Phi) is 7.40. The standard InChI is InChI=1S/C22H22ClN2O4P/c1-3-28-30(27,29-4-2)22-19(15-10-16-8-6-5-7-9-16)20(24-25-22)21(26)17-11-13-18(23)14-12-17/h5-15H,3-4H2,1-2H3,(H,24,25)/b15-10+. The molecule has 30 heavy (non-hydrogen) atoms. The summed E-state index contributed by atoms with van der Waals surface area (Å²) in [4.78, 5) is 13.1. The number of H-pyrrole nitrogens is 1. The molecule has 0 unspecified atom stereocenters. The highest BCUT2D eigenvalue weighted by molar-refractivity contribution is 7.62. The van der Waals surface area contributed by atoms with Crippen molar-refractivity contribution in [2.75, 3.05) is 13.2 Å². The summed E-state index contributed by atoms with van der Waals surface area (Å²) >= 11 is 5.93. The number of nitrogens with zero attached hydrogens (tertiary/aromatic N) is 1. The molecule has 0 spiro atoms. The van der Waals surface area contributed by atoms with Crippen molar-refractivity contribution in [2.24, 2.45) is 0 Å². The molecule has 1 heterocycles. The van der Waals surface area contributed by atoms with Gasteiger partial charge in [-0.15, -0.1) is 0 Å². The second kappa shape index (κ2) is 10.0. The van der Waals surface area contributed by atoms with Gasteiger partial charge in [0.15, 0.2) is 5.44 Å². The molecule has 0 saturated carbocycles. The maximum Gasteiger partial charge on any atom is 0.379 e. The Hall–Kier alpha value is -2.50. The number of ketones is 1. The first-order valence-corrected chi connectivity index (χ1v) is 11.4. The molecule has 0 aliphatic rings. The number of carbonyl (C=O) groups excluding carboxylic acids is 1. The van der Waals surface area contributed by atoms with Gasteiger partial charge in [0.2, 0.25) is 5.78 Å². The van der Waals surface area contributed by atoms with E-state index in [2.05, 4.69) is 10.2 Å². The average molecular weight is 445 g/mol. The van der Waals surface area contributed by atoms with E-state index in [1.807, 2.05) is 36.4 Å². The van der Waals surface area contributed by atoms with Gasteiger partial charge in [-0.05, 0) is 49.8 Å². The van der Waals surface area contributed by atoms with Crippen molar-refractivity contribution in [2.45, 2.75) is 13.8 Å². The zero-order valence-electron chi connectivity index (χ0n) is 16.7. The van der Waals surface area contributed by atoms with Gasteiger partial charge in [-0.2, -0.15) is 5.10 Å². The topological polar surface area (TPSA) is 81.3 Å². The van der Waals surface area contributed by atoms with Crippen LogP contribution < -0.4 is 5.44 Å². The molecule has 0 fully saturated rings. The molecule has 0 aliphatic carbocycles. The minimum absolute atomic E-state index is 0.124. The summed E-state index contributed by atoms with van der Waals surface area (Å²) in [6, 6.07) is 16.1. The normalized spacial score (nSPS) is 11.8. The van der Waals surface area contributed by atoms with Gasteiger partial charge >= 0.3 is 7.60 Å². The molecule has 8 heteroatoms. The van der Waals surface area contributed by atoms with Gasteiger partial charge in [0.25, 0.3) is 0 Å². The minimum Gasteiger partial charge on any atom is -0.304 e. The molecule has 3 rings (SSSR count). The van der Waals surface area contributed by atoms with Gasteiger partial charge in [-0.3, -0.25) is 14.5 Å². The largest absolute Gasteiger partial charge is 0.379 e. The van der Waals surface area contributed by atoms with Crippen LogP contribution in [-0.4, -0.2) is 29.2 Å². The first-order valence-electron chi connectivity index (χ1n) is 9.50. The Morgan fingerprint density at radius 3 is 2.27 bits per heavy atom. The van der Waals surface area contributed by atoms with E-state index in [0.717, 1.165) is 5.56 Å². The number of aromatic nitrogens is 2. The fourth-order valence-corrected chi connectivity index (χ4v) is 4.66. The molecular formula is C22H22ClN2O4P. The van der Waals surface area contributed by atoms with Crippen molar-refractivity contribution in [1.82, 2.24) is 10.2 Å². The fourth-order valence-electron chi connectivity index (χ4n) is 2.87. The Labute approximate surface area is 180 Å². The Balaban J connectivity index is 2.11. The maximum atomic E-state index is 13.4. The number of hydrogen-bond donors (Lipinski definition) is 1. The molecule has 6 nitrogen and oxygen atoms in total. The predicted octanol–water partition coefficient (Wildman–Crippen LogP) is 5.36. The number of carbonyl (C=O) groups is 1. The number of rotatable bonds is 9. The molecular weight excluding hydrogens is 423 g/mol. The second-order valence-corrected chi connectivity index (χ2v) is 8.64.